The highest BCUT2D eigenvalue weighted by atomic mass is 35.5. The molecule has 1 aromatic carbocycles. The maximum absolute atomic E-state index is 12.6. The Balaban J connectivity index is 1.67. The third-order valence-corrected chi connectivity index (χ3v) is 4.92. The standard InChI is InChI=1S/C18H18Cl2N4O2/c1-11-3-6-14(9-21-11)24-10-16(23(2)18(24)26)17(25)22-8-12-4-5-13(19)7-15(12)20/h3-7,9,16H,8,10H2,1-2H3,(H,22,25)/t16-/m0/s1. The summed E-state index contributed by atoms with van der Waals surface area (Å²) in [5.41, 5.74) is 2.29. The van der Waals surface area contributed by atoms with Gasteiger partial charge in [0.1, 0.15) is 6.04 Å². The number of aromatic nitrogens is 1. The number of nitrogens with zero attached hydrogens (tertiary/aromatic N) is 3. The van der Waals surface area contributed by atoms with Gasteiger partial charge in [-0.3, -0.25) is 14.7 Å². The van der Waals surface area contributed by atoms with Crippen molar-refractivity contribution < 1.29 is 9.59 Å². The summed E-state index contributed by atoms with van der Waals surface area (Å²) in [4.78, 5) is 32.2. The summed E-state index contributed by atoms with van der Waals surface area (Å²) in [6.07, 6.45) is 1.63. The highest BCUT2D eigenvalue weighted by molar-refractivity contribution is 6.35. The predicted octanol–water partition coefficient (Wildman–Crippen LogP) is 3.25. The van der Waals surface area contributed by atoms with Crippen molar-refractivity contribution in [2.75, 3.05) is 18.5 Å². The zero-order valence-corrected chi connectivity index (χ0v) is 15.9. The minimum Gasteiger partial charge on any atom is -0.350 e. The summed E-state index contributed by atoms with van der Waals surface area (Å²) in [6.45, 7) is 2.40. The van der Waals surface area contributed by atoms with Crippen molar-refractivity contribution in [3.63, 3.8) is 0 Å². The lowest BCUT2D eigenvalue weighted by Gasteiger charge is -2.17. The third kappa shape index (κ3) is 3.76. The molecule has 1 atom stereocenters. The first-order valence-corrected chi connectivity index (χ1v) is 8.81. The van der Waals surface area contributed by atoms with E-state index in [-0.39, 0.29) is 25.0 Å². The predicted molar refractivity (Wildman–Crippen MR) is 102 cm³/mol. The molecule has 2 aromatic rings. The van der Waals surface area contributed by atoms with E-state index in [1.54, 1.807) is 36.3 Å². The molecule has 0 bridgehead atoms. The second kappa shape index (κ2) is 7.51. The van der Waals surface area contributed by atoms with Crippen LogP contribution in [0, 0.1) is 6.92 Å². The summed E-state index contributed by atoms with van der Waals surface area (Å²) >= 11 is 12.0. The molecule has 1 aromatic heterocycles. The fourth-order valence-corrected chi connectivity index (χ4v) is 3.23. The Hall–Kier alpha value is -2.31. The normalized spacial score (nSPS) is 16.9. The Morgan fingerprint density at radius 3 is 2.73 bits per heavy atom. The molecule has 2 heterocycles. The van der Waals surface area contributed by atoms with Gasteiger partial charge in [-0.1, -0.05) is 29.3 Å². The van der Waals surface area contributed by atoms with E-state index in [1.807, 2.05) is 19.1 Å². The fraction of sp³-hybridized carbons (Fsp3) is 0.278. The lowest BCUT2D eigenvalue weighted by molar-refractivity contribution is -0.124. The highest BCUT2D eigenvalue weighted by Gasteiger charge is 2.39. The monoisotopic (exact) mass is 392 g/mol. The zero-order chi connectivity index (χ0) is 18.8. The topological polar surface area (TPSA) is 65.5 Å². The van der Waals surface area contributed by atoms with Gasteiger partial charge in [0.25, 0.3) is 0 Å². The average molecular weight is 393 g/mol. The quantitative estimate of drug-likeness (QED) is 0.867. The molecule has 1 aliphatic rings. The van der Waals surface area contributed by atoms with E-state index in [9.17, 15) is 9.59 Å². The van der Waals surface area contributed by atoms with Crippen LogP contribution in [0.15, 0.2) is 36.5 Å². The average Bonchev–Trinajstić information content (AvgIpc) is 2.90. The van der Waals surface area contributed by atoms with E-state index in [0.717, 1.165) is 11.3 Å². The minimum absolute atomic E-state index is 0.236. The Labute approximate surface area is 161 Å². The van der Waals surface area contributed by atoms with Gasteiger partial charge in [0.2, 0.25) is 5.91 Å². The summed E-state index contributed by atoms with van der Waals surface area (Å²) in [6, 6.07) is 7.93. The van der Waals surface area contributed by atoms with Crippen molar-refractivity contribution in [1.29, 1.82) is 0 Å². The molecule has 3 rings (SSSR count). The number of aryl methyl sites for hydroxylation is 1. The van der Waals surface area contributed by atoms with Crippen LogP contribution in [0.4, 0.5) is 10.5 Å². The molecule has 6 nitrogen and oxygen atoms in total. The molecular formula is C18H18Cl2N4O2. The number of nitrogens with one attached hydrogen (secondary N) is 1. The molecule has 0 radical (unpaired) electrons. The number of hydrogen-bond acceptors (Lipinski definition) is 3. The van der Waals surface area contributed by atoms with Crippen molar-refractivity contribution in [2.45, 2.75) is 19.5 Å². The number of hydrogen-bond donors (Lipinski definition) is 1. The first-order chi connectivity index (χ1) is 12.4. The second-order valence-corrected chi connectivity index (χ2v) is 6.97. The van der Waals surface area contributed by atoms with Crippen molar-refractivity contribution in [1.82, 2.24) is 15.2 Å². The van der Waals surface area contributed by atoms with Gasteiger partial charge in [0.05, 0.1) is 18.4 Å². The van der Waals surface area contributed by atoms with E-state index in [0.29, 0.717) is 15.7 Å². The fourth-order valence-electron chi connectivity index (χ4n) is 2.76. The Morgan fingerprint density at radius 1 is 1.31 bits per heavy atom. The van der Waals surface area contributed by atoms with Gasteiger partial charge in [-0.2, -0.15) is 0 Å². The van der Waals surface area contributed by atoms with Gasteiger partial charge in [-0.05, 0) is 36.8 Å². The van der Waals surface area contributed by atoms with Crippen LogP contribution < -0.4 is 10.2 Å². The smallest absolute Gasteiger partial charge is 0.325 e. The molecule has 26 heavy (non-hydrogen) atoms. The SMILES string of the molecule is Cc1ccc(N2C[C@@H](C(=O)NCc3ccc(Cl)cc3Cl)N(C)C2=O)cn1. The number of rotatable bonds is 4. The Bertz CT molecular complexity index is 842. The number of carbonyl (C=O) groups excluding carboxylic acids is 2. The van der Waals surface area contributed by atoms with E-state index in [1.165, 1.54) is 4.90 Å². The molecule has 0 spiro atoms. The highest BCUT2D eigenvalue weighted by Crippen LogP contribution is 2.23. The van der Waals surface area contributed by atoms with Crippen LogP contribution in [0.1, 0.15) is 11.3 Å². The largest absolute Gasteiger partial charge is 0.350 e. The minimum atomic E-state index is -0.588. The number of likely N-dealkylation sites (N-methyl/N-ethyl adjacent to an activating group) is 1. The third-order valence-electron chi connectivity index (χ3n) is 4.33. The summed E-state index contributed by atoms with van der Waals surface area (Å²) in [5, 5.41) is 3.85. The number of pyridine rings is 1. The molecule has 0 saturated carbocycles. The van der Waals surface area contributed by atoms with Crippen LogP contribution in [-0.4, -0.2) is 41.5 Å². The molecule has 1 aliphatic heterocycles. The number of benzene rings is 1. The number of urea groups is 1. The van der Waals surface area contributed by atoms with Gasteiger partial charge in [0, 0.05) is 29.3 Å². The number of halogens is 2. The van der Waals surface area contributed by atoms with E-state index in [4.69, 9.17) is 23.2 Å². The van der Waals surface area contributed by atoms with Crippen LogP contribution >= 0.6 is 23.2 Å². The molecule has 8 heteroatoms. The maximum Gasteiger partial charge on any atom is 0.325 e. The molecule has 3 amide bonds. The lowest BCUT2D eigenvalue weighted by atomic mass is 10.2. The lowest BCUT2D eigenvalue weighted by Crippen LogP contribution is -2.43. The van der Waals surface area contributed by atoms with Crippen molar-refractivity contribution in [3.8, 4) is 0 Å². The maximum atomic E-state index is 12.6. The number of anilines is 1. The molecular weight excluding hydrogens is 375 g/mol. The van der Waals surface area contributed by atoms with Crippen molar-refractivity contribution in [3.05, 3.63) is 57.8 Å². The van der Waals surface area contributed by atoms with E-state index < -0.39 is 6.04 Å². The molecule has 0 unspecified atom stereocenters. The van der Waals surface area contributed by atoms with Crippen molar-refractivity contribution in [2.24, 2.45) is 0 Å². The van der Waals surface area contributed by atoms with E-state index in [2.05, 4.69) is 10.3 Å². The van der Waals surface area contributed by atoms with Crippen LogP contribution in [0.5, 0.6) is 0 Å². The summed E-state index contributed by atoms with van der Waals surface area (Å²) in [5.74, 6) is -0.241. The van der Waals surface area contributed by atoms with Gasteiger partial charge in [-0.25, -0.2) is 4.79 Å². The molecule has 1 saturated heterocycles. The van der Waals surface area contributed by atoms with Gasteiger partial charge < -0.3 is 10.2 Å². The molecule has 0 aliphatic carbocycles. The molecule has 1 N–H and O–H groups in total. The van der Waals surface area contributed by atoms with Gasteiger partial charge in [-0.15, -0.1) is 0 Å². The Kier molecular flexibility index (Phi) is 5.34. The van der Waals surface area contributed by atoms with Gasteiger partial charge >= 0.3 is 6.03 Å². The van der Waals surface area contributed by atoms with Gasteiger partial charge in [0.15, 0.2) is 0 Å². The summed E-state index contributed by atoms with van der Waals surface area (Å²) in [7, 11) is 1.61. The van der Waals surface area contributed by atoms with Crippen molar-refractivity contribution >= 4 is 40.8 Å². The summed E-state index contributed by atoms with van der Waals surface area (Å²) < 4.78 is 0. The second-order valence-electron chi connectivity index (χ2n) is 6.13. The first-order valence-electron chi connectivity index (χ1n) is 8.05. The van der Waals surface area contributed by atoms with Crippen LogP contribution in [-0.2, 0) is 11.3 Å². The zero-order valence-electron chi connectivity index (χ0n) is 14.4. The number of carbonyl (C=O) groups is 2. The molecule has 1 fully saturated rings. The Morgan fingerprint density at radius 2 is 2.08 bits per heavy atom. The number of amides is 3. The first kappa shape index (κ1) is 18.5. The van der Waals surface area contributed by atoms with Crippen LogP contribution in [0.3, 0.4) is 0 Å². The molecule has 136 valence electrons. The van der Waals surface area contributed by atoms with Crippen LogP contribution in [0.25, 0.3) is 0 Å². The van der Waals surface area contributed by atoms with E-state index >= 15 is 0 Å². The van der Waals surface area contributed by atoms with Crippen LogP contribution in [0.2, 0.25) is 10.0 Å².